The first-order valence-electron chi connectivity index (χ1n) is 7.28. The second-order valence-electron chi connectivity index (χ2n) is 5.02. The fourth-order valence-electron chi connectivity index (χ4n) is 2.26. The van der Waals surface area contributed by atoms with Crippen molar-refractivity contribution in [3.63, 3.8) is 0 Å². The summed E-state index contributed by atoms with van der Waals surface area (Å²) in [5.41, 5.74) is 0.850. The highest BCUT2D eigenvalue weighted by molar-refractivity contribution is 7.99. The Morgan fingerprint density at radius 2 is 1.59 bits per heavy atom. The minimum atomic E-state index is 0.0551. The van der Waals surface area contributed by atoms with E-state index in [1.807, 2.05) is 42.5 Å². The third kappa shape index (κ3) is 3.89. The van der Waals surface area contributed by atoms with Gasteiger partial charge in [-0.3, -0.25) is 4.79 Å². The molecule has 0 radical (unpaired) electrons. The first-order chi connectivity index (χ1) is 10.8. The standard InChI is InChI=1S/C19H17NOS/c21-19(20-17-8-2-1-3-9-17)12-13-22-18-11-10-15-6-4-5-7-16(15)14-18/h1-11,14H,12-13H2,(H,20,21). The summed E-state index contributed by atoms with van der Waals surface area (Å²) < 4.78 is 0. The normalized spacial score (nSPS) is 10.5. The number of amides is 1. The lowest BCUT2D eigenvalue weighted by Crippen LogP contribution is -2.11. The molecule has 3 aromatic carbocycles. The van der Waals surface area contributed by atoms with Gasteiger partial charge in [0.05, 0.1) is 0 Å². The van der Waals surface area contributed by atoms with Crippen molar-refractivity contribution in [1.29, 1.82) is 0 Å². The van der Waals surface area contributed by atoms with E-state index in [1.165, 1.54) is 15.7 Å². The number of benzene rings is 3. The Morgan fingerprint density at radius 1 is 0.864 bits per heavy atom. The van der Waals surface area contributed by atoms with Gasteiger partial charge in [0, 0.05) is 22.8 Å². The van der Waals surface area contributed by atoms with E-state index in [0.29, 0.717) is 6.42 Å². The van der Waals surface area contributed by atoms with Crippen LogP contribution in [0.1, 0.15) is 6.42 Å². The van der Waals surface area contributed by atoms with Crippen molar-refractivity contribution in [2.24, 2.45) is 0 Å². The maximum atomic E-state index is 11.9. The van der Waals surface area contributed by atoms with Crippen molar-refractivity contribution >= 4 is 34.1 Å². The number of thioether (sulfide) groups is 1. The van der Waals surface area contributed by atoms with Crippen LogP contribution in [0.25, 0.3) is 10.8 Å². The van der Waals surface area contributed by atoms with Crippen molar-refractivity contribution in [2.45, 2.75) is 11.3 Å². The van der Waals surface area contributed by atoms with Gasteiger partial charge in [0.15, 0.2) is 0 Å². The van der Waals surface area contributed by atoms with E-state index in [1.54, 1.807) is 11.8 Å². The van der Waals surface area contributed by atoms with Crippen LogP contribution in [0.5, 0.6) is 0 Å². The smallest absolute Gasteiger partial charge is 0.225 e. The van der Waals surface area contributed by atoms with Crippen molar-refractivity contribution in [1.82, 2.24) is 0 Å². The zero-order valence-corrected chi connectivity index (χ0v) is 13.0. The summed E-state index contributed by atoms with van der Waals surface area (Å²) >= 11 is 1.71. The summed E-state index contributed by atoms with van der Waals surface area (Å²) in [5.74, 6) is 0.830. The Kier molecular flexibility index (Phi) is 4.76. The Bertz CT molecular complexity index is 771. The zero-order valence-electron chi connectivity index (χ0n) is 12.2. The largest absolute Gasteiger partial charge is 0.326 e. The quantitative estimate of drug-likeness (QED) is 0.675. The van der Waals surface area contributed by atoms with E-state index < -0.39 is 0 Å². The van der Waals surface area contributed by atoms with Gasteiger partial charge in [-0.25, -0.2) is 0 Å². The number of carbonyl (C=O) groups is 1. The van der Waals surface area contributed by atoms with Crippen molar-refractivity contribution in [3.8, 4) is 0 Å². The average Bonchev–Trinajstić information content (AvgIpc) is 2.55. The van der Waals surface area contributed by atoms with E-state index in [-0.39, 0.29) is 5.91 Å². The molecule has 0 atom stereocenters. The molecule has 3 aromatic rings. The van der Waals surface area contributed by atoms with Gasteiger partial charge in [-0.2, -0.15) is 0 Å². The van der Waals surface area contributed by atoms with Gasteiger partial charge in [0.25, 0.3) is 0 Å². The predicted molar refractivity (Wildman–Crippen MR) is 94.4 cm³/mol. The van der Waals surface area contributed by atoms with Crippen LogP contribution in [-0.4, -0.2) is 11.7 Å². The highest BCUT2D eigenvalue weighted by Crippen LogP contribution is 2.24. The summed E-state index contributed by atoms with van der Waals surface area (Å²) in [5, 5.41) is 5.39. The minimum Gasteiger partial charge on any atom is -0.326 e. The molecule has 0 aliphatic carbocycles. The van der Waals surface area contributed by atoms with Gasteiger partial charge in [-0.1, -0.05) is 48.5 Å². The van der Waals surface area contributed by atoms with Crippen LogP contribution in [0.15, 0.2) is 77.7 Å². The van der Waals surface area contributed by atoms with Crippen LogP contribution < -0.4 is 5.32 Å². The predicted octanol–water partition coefficient (Wildman–Crippen LogP) is 4.96. The molecule has 1 amide bonds. The highest BCUT2D eigenvalue weighted by atomic mass is 32.2. The van der Waals surface area contributed by atoms with Crippen LogP contribution in [0.4, 0.5) is 5.69 Å². The maximum Gasteiger partial charge on any atom is 0.225 e. The van der Waals surface area contributed by atoms with Gasteiger partial charge in [-0.05, 0) is 35.0 Å². The number of fused-ring (bicyclic) bond motifs is 1. The van der Waals surface area contributed by atoms with Gasteiger partial charge in [0.1, 0.15) is 0 Å². The Hall–Kier alpha value is -2.26. The van der Waals surface area contributed by atoms with Gasteiger partial charge in [-0.15, -0.1) is 11.8 Å². The monoisotopic (exact) mass is 307 g/mol. The lowest BCUT2D eigenvalue weighted by molar-refractivity contribution is -0.115. The molecule has 110 valence electrons. The molecule has 22 heavy (non-hydrogen) atoms. The summed E-state index contributed by atoms with van der Waals surface area (Å²) in [6.07, 6.45) is 0.506. The van der Waals surface area contributed by atoms with Crippen LogP contribution in [0.2, 0.25) is 0 Å². The maximum absolute atomic E-state index is 11.9. The molecule has 0 unspecified atom stereocenters. The summed E-state index contributed by atoms with van der Waals surface area (Å²) in [6, 6.07) is 24.3. The molecule has 3 heteroatoms. The van der Waals surface area contributed by atoms with E-state index in [9.17, 15) is 4.79 Å². The molecule has 2 nitrogen and oxygen atoms in total. The number of hydrogen-bond acceptors (Lipinski definition) is 2. The molecule has 0 saturated carbocycles. The van der Waals surface area contributed by atoms with Gasteiger partial charge < -0.3 is 5.32 Å². The molecule has 0 bridgehead atoms. The number of carbonyl (C=O) groups excluding carboxylic acids is 1. The minimum absolute atomic E-state index is 0.0551. The topological polar surface area (TPSA) is 29.1 Å². The van der Waals surface area contributed by atoms with Crippen molar-refractivity contribution in [2.75, 3.05) is 11.1 Å². The first-order valence-corrected chi connectivity index (χ1v) is 8.26. The van der Waals surface area contributed by atoms with E-state index in [2.05, 4.69) is 35.6 Å². The van der Waals surface area contributed by atoms with Crippen LogP contribution >= 0.6 is 11.8 Å². The second kappa shape index (κ2) is 7.14. The Morgan fingerprint density at radius 3 is 2.41 bits per heavy atom. The van der Waals surface area contributed by atoms with E-state index in [4.69, 9.17) is 0 Å². The number of hydrogen-bond donors (Lipinski definition) is 1. The van der Waals surface area contributed by atoms with E-state index >= 15 is 0 Å². The molecule has 1 N–H and O–H groups in total. The Labute approximate surface area is 134 Å². The second-order valence-corrected chi connectivity index (χ2v) is 6.19. The molecule has 0 aliphatic rings. The van der Waals surface area contributed by atoms with Gasteiger partial charge >= 0.3 is 0 Å². The van der Waals surface area contributed by atoms with E-state index in [0.717, 1.165) is 11.4 Å². The third-order valence-electron chi connectivity index (χ3n) is 3.38. The molecule has 0 heterocycles. The number of rotatable bonds is 5. The number of nitrogens with one attached hydrogen (secondary N) is 1. The van der Waals surface area contributed by atoms with Gasteiger partial charge in [0.2, 0.25) is 5.91 Å². The summed E-state index contributed by atoms with van der Waals surface area (Å²) in [4.78, 5) is 13.1. The van der Waals surface area contributed by atoms with Crippen LogP contribution in [0, 0.1) is 0 Å². The fraction of sp³-hybridized carbons (Fsp3) is 0.105. The summed E-state index contributed by atoms with van der Waals surface area (Å²) in [7, 11) is 0. The fourth-order valence-corrected chi connectivity index (χ4v) is 3.16. The number of anilines is 1. The highest BCUT2D eigenvalue weighted by Gasteiger charge is 2.03. The molecular formula is C19H17NOS. The zero-order chi connectivity index (χ0) is 15.2. The lowest BCUT2D eigenvalue weighted by Gasteiger charge is -2.06. The average molecular weight is 307 g/mol. The molecule has 0 aliphatic heterocycles. The molecule has 3 rings (SSSR count). The third-order valence-corrected chi connectivity index (χ3v) is 4.37. The van der Waals surface area contributed by atoms with Crippen molar-refractivity contribution < 1.29 is 4.79 Å². The van der Waals surface area contributed by atoms with Crippen LogP contribution in [0.3, 0.4) is 0 Å². The lowest BCUT2D eigenvalue weighted by atomic mass is 10.1. The summed E-state index contributed by atoms with van der Waals surface area (Å²) in [6.45, 7) is 0. The molecule has 0 aromatic heterocycles. The number of para-hydroxylation sites is 1. The Balaban J connectivity index is 1.52. The molecule has 0 fully saturated rings. The van der Waals surface area contributed by atoms with Crippen molar-refractivity contribution in [3.05, 3.63) is 72.8 Å². The molecule has 0 saturated heterocycles. The molecular weight excluding hydrogens is 290 g/mol. The van der Waals surface area contributed by atoms with Crippen LogP contribution in [-0.2, 0) is 4.79 Å². The SMILES string of the molecule is O=C(CCSc1ccc2ccccc2c1)Nc1ccccc1. The first kappa shape index (κ1) is 14.7. The molecule has 0 spiro atoms.